The maximum atomic E-state index is 13.5. The number of hydrogen-bond acceptors (Lipinski definition) is 5. The third-order valence-electron chi connectivity index (χ3n) is 6.68. The van der Waals surface area contributed by atoms with Crippen LogP contribution >= 0.6 is 0 Å². The Kier molecular flexibility index (Phi) is 5.16. The van der Waals surface area contributed by atoms with Crippen molar-refractivity contribution in [2.75, 3.05) is 6.54 Å². The lowest BCUT2D eigenvalue weighted by Gasteiger charge is -2.36. The minimum Gasteiger partial charge on any atom is -0.322 e. The van der Waals surface area contributed by atoms with Crippen LogP contribution in [-0.4, -0.2) is 36.6 Å². The van der Waals surface area contributed by atoms with Gasteiger partial charge in [-0.3, -0.25) is 9.69 Å². The standard InChI is InChI=1S/C26H30N6O/c1-16-12-20-14-21(25(33)27-22(20)13-17(16)2)23(24-28-29-30-32(24)26(3,4)5)31-11-10-18-8-6-7-9-19(18)15-31/h6-9,12-14,23H,10-11,15H2,1-5H3,(H,27,33). The number of tetrazole rings is 1. The van der Waals surface area contributed by atoms with Crippen LogP contribution in [0.4, 0.5) is 0 Å². The van der Waals surface area contributed by atoms with Crippen LogP contribution in [0, 0.1) is 13.8 Å². The van der Waals surface area contributed by atoms with E-state index < -0.39 is 0 Å². The smallest absolute Gasteiger partial charge is 0.253 e. The molecule has 2 aromatic heterocycles. The molecule has 1 N–H and O–H groups in total. The van der Waals surface area contributed by atoms with Crippen LogP contribution in [0.25, 0.3) is 10.9 Å². The molecule has 33 heavy (non-hydrogen) atoms. The first kappa shape index (κ1) is 21.5. The maximum absolute atomic E-state index is 13.5. The van der Waals surface area contributed by atoms with Crippen molar-refractivity contribution in [3.05, 3.63) is 86.5 Å². The van der Waals surface area contributed by atoms with Crippen LogP contribution in [-0.2, 0) is 18.5 Å². The van der Waals surface area contributed by atoms with Gasteiger partial charge in [0.15, 0.2) is 5.82 Å². The first-order valence-corrected chi connectivity index (χ1v) is 11.5. The minimum atomic E-state index is -0.359. The van der Waals surface area contributed by atoms with Gasteiger partial charge >= 0.3 is 0 Å². The van der Waals surface area contributed by atoms with E-state index in [4.69, 9.17) is 0 Å². The average molecular weight is 443 g/mol. The highest BCUT2D eigenvalue weighted by molar-refractivity contribution is 5.81. The quantitative estimate of drug-likeness (QED) is 0.518. The predicted octanol–water partition coefficient (Wildman–Crippen LogP) is 4.03. The van der Waals surface area contributed by atoms with Gasteiger partial charge in [0.25, 0.3) is 5.56 Å². The Balaban J connectivity index is 1.70. The molecule has 0 saturated carbocycles. The summed E-state index contributed by atoms with van der Waals surface area (Å²) in [6.07, 6.45) is 0.924. The van der Waals surface area contributed by atoms with E-state index in [1.807, 2.05) is 16.8 Å². The number of pyridine rings is 1. The van der Waals surface area contributed by atoms with Crippen molar-refractivity contribution in [3.63, 3.8) is 0 Å². The molecule has 0 bridgehead atoms. The molecule has 4 aromatic rings. The van der Waals surface area contributed by atoms with Gasteiger partial charge in [-0.15, -0.1) is 5.10 Å². The molecular weight excluding hydrogens is 412 g/mol. The van der Waals surface area contributed by atoms with Gasteiger partial charge in [0.2, 0.25) is 0 Å². The Morgan fingerprint density at radius 3 is 2.52 bits per heavy atom. The van der Waals surface area contributed by atoms with E-state index in [0.717, 1.165) is 36.0 Å². The molecule has 1 unspecified atom stereocenters. The first-order chi connectivity index (χ1) is 15.7. The van der Waals surface area contributed by atoms with Crippen LogP contribution in [0.3, 0.4) is 0 Å². The van der Waals surface area contributed by atoms with Gasteiger partial charge in [-0.05, 0) is 97.3 Å². The normalized spacial score (nSPS) is 15.5. The molecule has 1 atom stereocenters. The van der Waals surface area contributed by atoms with Crippen LogP contribution in [0.2, 0.25) is 0 Å². The number of hydrogen-bond donors (Lipinski definition) is 1. The van der Waals surface area contributed by atoms with Crippen LogP contribution in [0.1, 0.15) is 60.5 Å². The van der Waals surface area contributed by atoms with E-state index in [-0.39, 0.29) is 17.1 Å². The van der Waals surface area contributed by atoms with E-state index >= 15 is 0 Å². The van der Waals surface area contributed by atoms with Gasteiger partial charge in [0, 0.05) is 24.2 Å². The lowest BCUT2D eigenvalue weighted by atomic mass is 9.95. The van der Waals surface area contributed by atoms with Gasteiger partial charge in [0.1, 0.15) is 6.04 Å². The van der Waals surface area contributed by atoms with E-state index in [1.54, 1.807) is 0 Å². The number of aromatic nitrogens is 5. The molecule has 0 amide bonds. The lowest BCUT2D eigenvalue weighted by molar-refractivity contribution is 0.185. The third-order valence-corrected chi connectivity index (χ3v) is 6.68. The van der Waals surface area contributed by atoms with E-state index in [2.05, 4.69) is 90.4 Å². The zero-order chi connectivity index (χ0) is 23.3. The predicted molar refractivity (Wildman–Crippen MR) is 129 cm³/mol. The fourth-order valence-electron chi connectivity index (χ4n) is 4.78. The molecule has 7 nitrogen and oxygen atoms in total. The molecular formula is C26H30N6O. The summed E-state index contributed by atoms with van der Waals surface area (Å²) < 4.78 is 1.85. The van der Waals surface area contributed by atoms with Gasteiger partial charge < -0.3 is 4.98 Å². The molecule has 170 valence electrons. The summed E-state index contributed by atoms with van der Waals surface area (Å²) in [5, 5.41) is 13.8. The van der Waals surface area contributed by atoms with Gasteiger partial charge in [-0.2, -0.15) is 0 Å². The number of fused-ring (bicyclic) bond motifs is 2. The topological polar surface area (TPSA) is 79.7 Å². The highest BCUT2D eigenvalue weighted by Crippen LogP contribution is 2.33. The summed E-state index contributed by atoms with van der Waals surface area (Å²) in [6.45, 7) is 11.9. The number of nitrogens with one attached hydrogen (secondary N) is 1. The highest BCUT2D eigenvalue weighted by atomic mass is 16.1. The maximum Gasteiger partial charge on any atom is 0.253 e. The number of aromatic amines is 1. The van der Waals surface area contributed by atoms with Crippen molar-refractivity contribution in [1.82, 2.24) is 30.1 Å². The summed E-state index contributed by atoms with van der Waals surface area (Å²) >= 11 is 0. The largest absolute Gasteiger partial charge is 0.322 e. The molecule has 0 spiro atoms. The molecule has 0 radical (unpaired) electrons. The molecule has 2 aromatic carbocycles. The van der Waals surface area contributed by atoms with Crippen molar-refractivity contribution >= 4 is 10.9 Å². The highest BCUT2D eigenvalue weighted by Gasteiger charge is 2.34. The van der Waals surface area contributed by atoms with Gasteiger partial charge in [-0.25, -0.2) is 4.68 Å². The summed E-state index contributed by atoms with van der Waals surface area (Å²) in [5.74, 6) is 0.690. The first-order valence-electron chi connectivity index (χ1n) is 11.5. The van der Waals surface area contributed by atoms with E-state index in [1.165, 1.54) is 16.7 Å². The van der Waals surface area contributed by atoms with E-state index in [0.29, 0.717) is 11.4 Å². The minimum absolute atomic E-state index is 0.0990. The van der Waals surface area contributed by atoms with Crippen LogP contribution < -0.4 is 5.56 Å². The molecule has 1 aliphatic heterocycles. The third kappa shape index (κ3) is 3.86. The zero-order valence-corrected chi connectivity index (χ0v) is 19.9. The van der Waals surface area contributed by atoms with Crippen LogP contribution in [0.5, 0.6) is 0 Å². The van der Waals surface area contributed by atoms with E-state index in [9.17, 15) is 4.79 Å². The second-order valence-electron chi connectivity index (χ2n) is 10.1. The number of aryl methyl sites for hydroxylation is 2. The monoisotopic (exact) mass is 442 g/mol. The molecule has 7 heteroatoms. The molecule has 0 saturated heterocycles. The summed E-state index contributed by atoms with van der Waals surface area (Å²) in [4.78, 5) is 18.9. The lowest BCUT2D eigenvalue weighted by Crippen LogP contribution is -2.40. The number of nitrogens with zero attached hydrogens (tertiary/aromatic N) is 5. The average Bonchev–Trinajstić information content (AvgIpc) is 3.26. The van der Waals surface area contributed by atoms with Gasteiger partial charge in [0.05, 0.1) is 5.54 Å². The molecule has 0 fully saturated rings. The van der Waals surface area contributed by atoms with Crippen molar-refractivity contribution in [1.29, 1.82) is 0 Å². The number of H-pyrrole nitrogens is 1. The Bertz CT molecular complexity index is 1390. The van der Waals surface area contributed by atoms with Crippen LogP contribution in [0.15, 0.2) is 47.3 Å². The SMILES string of the molecule is Cc1cc2cc(C(c3nnnn3C(C)(C)C)N3CCc4ccccc4C3)c(=O)[nH]c2cc1C. The molecule has 1 aliphatic rings. The fraction of sp³-hybridized carbons (Fsp3) is 0.385. The summed E-state index contributed by atoms with van der Waals surface area (Å²) in [6, 6.07) is 14.4. The van der Waals surface area contributed by atoms with Crippen molar-refractivity contribution in [3.8, 4) is 0 Å². The second kappa shape index (κ2) is 7.92. The summed E-state index contributed by atoms with van der Waals surface area (Å²) in [5.41, 5.74) is 6.11. The molecule has 5 rings (SSSR count). The molecule has 3 heterocycles. The van der Waals surface area contributed by atoms with Crippen molar-refractivity contribution in [2.45, 2.75) is 59.2 Å². The summed E-state index contributed by atoms with van der Waals surface area (Å²) in [7, 11) is 0. The van der Waals surface area contributed by atoms with Gasteiger partial charge in [-0.1, -0.05) is 24.3 Å². The second-order valence-corrected chi connectivity index (χ2v) is 10.1. The zero-order valence-electron chi connectivity index (χ0n) is 19.9. The fourth-order valence-corrected chi connectivity index (χ4v) is 4.78. The Hall–Kier alpha value is -3.32. The molecule has 0 aliphatic carbocycles. The van der Waals surface area contributed by atoms with Crippen molar-refractivity contribution in [2.24, 2.45) is 0 Å². The number of benzene rings is 2. The Morgan fingerprint density at radius 1 is 1.03 bits per heavy atom. The number of rotatable bonds is 3. The Morgan fingerprint density at radius 2 is 1.76 bits per heavy atom. The Labute approximate surface area is 193 Å². The van der Waals surface area contributed by atoms with Crippen molar-refractivity contribution < 1.29 is 0 Å².